The zero-order valence-corrected chi connectivity index (χ0v) is 11.7. The van der Waals surface area contributed by atoms with E-state index in [1.54, 1.807) is 22.7 Å². The first-order chi connectivity index (χ1) is 7.08. The third-order valence-corrected chi connectivity index (χ3v) is 5.54. The number of hydrogen-bond acceptors (Lipinski definition) is 4. The summed E-state index contributed by atoms with van der Waals surface area (Å²) in [5, 5.41) is 1.06. The molecule has 0 bridgehead atoms. The van der Waals surface area contributed by atoms with E-state index < -0.39 is 0 Å². The average molecular weight is 303 g/mol. The Morgan fingerprint density at radius 3 is 2.67 bits per heavy atom. The van der Waals surface area contributed by atoms with Gasteiger partial charge in [-0.1, -0.05) is 0 Å². The fourth-order valence-corrected chi connectivity index (χ4v) is 3.63. The second kappa shape index (κ2) is 4.33. The molecule has 2 heterocycles. The van der Waals surface area contributed by atoms with Crippen LogP contribution in [0.25, 0.3) is 9.88 Å². The predicted molar refractivity (Wildman–Crippen MR) is 70.5 cm³/mol. The lowest BCUT2D eigenvalue weighted by atomic mass is 10.3. The summed E-state index contributed by atoms with van der Waals surface area (Å²) >= 11 is 6.93. The third kappa shape index (κ3) is 2.30. The Bertz CT molecular complexity index is 454. The minimum Gasteiger partial charge on any atom is -0.323 e. The minimum atomic E-state index is 0.0701. The van der Waals surface area contributed by atoms with Gasteiger partial charge in [0.25, 0.3) is 0 Å². The van der Waals surface area contributed by atoms with E-state index >= 15 is 0 Å². The molecule has 5 heteroatoms. The topological polar surface area (TPSA) is 38.9 Å². The Morgan fingerprint density at radius 1 is 1.47 bits per heavy atom. The van der Waals surface area contributed by atoms with Gasteiger partial charge in [0.05, 0.1) is 4.88 Å². The minimum absolute atomic E-state index is 0.0701. The van der Waals surface area contributed by atoms with Crippen LogP contribution in [0.3, 0.4) is 0 Å². The van der Waals surface area contributed by atoms with Crippen molar-refractivity contribution >= 4 is 38.6 Å². The summed E-state index contributed by atoms with van der Waals surface area (Å²) in [5.74, 6) is 0. The molecule has 0 radical (unpaired) electrons. The first kappa shape index (κ1) is 11.3. The fraction of sp³-hybridized carbons (Fsp3) is 0.300. The largest absolute Gasteiger partial charge is 0.323 e. The highest BCUT2D eigenvalue weighted by Gasteiger charge is 2.11. The Kier molecular flexibility index (Phi) is 3.25. The van der Waals surface area contributed by atoms with Crippen LogP contribution in [0.2, 0.25) is 0 Å². The van der Waals surface area contributed by atoms with Crippen LogP contribution in [0, 0.1) is 6.92 Å². The maximum atomic E-state index is 5.80. The smallest absolute Gasteiger partial charge is 0.133 e. The van der Waals surface area contributed by atoms with Crippen LogP contribution in [0.4, 0.5) is 0 Å². The molecular formula is C10H11BrN2S2. The molecule has 2 nitrogen and oxygen atoms in total. The molecule has 0 aliphatic carbocycles. The highest BCUT2D eigenvalue weighted by atomic mass is 79.9. The van der Waals surface area contributed by atoms with E-state index in [0.29, 0.717) is 0 Å². The lowest BCUT2D eigenvalue weighted by molar-refractivity contribution is 0.835. The van der Waals surface area contributed by atoms with Crippen molar-refractivity contribution in [2.24, 2.45) is 5.73 Å². The molecule has 2 rings (SSSR count). The molecule has 0 aliphatic rings. The number of rotatable bonds is 2. The van der Waals surface area contributed by atoms with Crippen LogP contribution in [0.15, 0.2) is 16.7 Å². The number of halogens is 1. The molecule has 0 amide bonds. The van der Waals surface area contributed by atoms with Crippen LogP contribution < -0.4 is 5.73 Å². The average Bonchev–Trinajstić information content (AvgIpc) is 2.74. The number of aryl methyl sites for hydroxylation is 1. The van der Waals surface area contributed by atoms with E-state index in [-0.39, 0.29) is 6.04 Å². The number of hydrogen-bond donors (Lipinski definition) is 1. The summed E-state index contributed by atoms with van der Waals surface area (Å²) in [4.78, 5) is 8.01. The maximum absolute atomic E-state index is 5.80. The molecule has 1 atom stereocenters. The van der Waals surface area contributed by atoms with E-state index in [2.05, 4.69) is 33.9 Å². The highest BCUT2D eigenvalue weighted by Crippen LogP contribution is 2.36. The molecule has 80 valence electrons. The summed E-state index contributed by atoms with van der Waals surface area (Å²) in [5.41, 5.74) is 5.80. The van der Waals surface area contributed by atoms with Gasteiger partial charge in [-0.3, -0.25) is 0 Å². The van der Waals surface area contributed by atoms with Crippen molar-refractivity contribution in [1.29, 1.82) is 0 Å². The van der Waals surface area contributed by atoms with Crippen LogP contribution in [0.5, 0.6) is 0 Å². The van der Waals surface area contributed by atoms with E-state index in [4.69, 9.17) is 5.73 Å². The first-order valence-electron chi connectivity index (χ1n) is 4.55. The van der Waals surface area contributed by atoms with Crippen LogP contribution >= 0.6 is 38.6 Å². The zero-order chi connectivity index (χ0) is 11.0. The normalized spacial score (nSPS) is 13.1. The lowest BCUT2D eigenvalue weighted by Crippen LogP contribution is -2.01. The predicted octanol–water partition coefficient (Wildman–Crippen LogP) is 3.96. The molecule has 0 aliphatic heterocycles. The van der Waals surface area contributed by atoms with Crippen molar-refractivity contribution in [2.75, 3.05) is 0 Å². The van der Waals surface area contributed by atoms with Gasteiger partial charge < -0.3 is 5.73 Å². The molecule has 0 saturated heterocycles. The Balaban J connectivity index is 2.37. The van der Waals surface area contributed by atoms with E-state index in [0.717, 1.165) is 14.4 Å². The maximum Gasteiger partial charge on any atom is 0.133 e. The lowest BCUT2D eigenvalue weighted by Gasteiger charge is -1.96. The van der Waals surface area contributed by atoms with Gasteiger partial charge in [-0.25, -0.2) is 4.98 Å². The van der Waals surface area contributed by atoms with Crippen LogP contribution in [-0.4, -0.2) is 4.98 Å². The van der Waals surface area contributed by atoms with Gasteiger partial charge in [0.2, 0.25) is 0 Å². The summed E-state index contributed by atoms with van der Waals surface area (Å²) in [6.45, 7) is 4.07. The molecule has 0 spiro atoms. The van der Waals surface area contributed by atoms with E-state index in [9.17, 15) is 0 Å². The molecule has 1 unspecified atom stereocenters. The van der Waals surface area contributed by atoms with Gasteiger partial charge in [0.15, 0.2) is 0 Å². The Morgan fingerprint density at radius 2 is 2.20 bits per heavy atom. The van der Waals surface area contributed by atoms with Gasteiger partial charge >= 0.3 is 0 Å². The monoisotopic (exact) mass is 302 g/mol. The van der Waals surface area contributed by atoms with Crippen LogP contribution in [0.1, 0.15) is 22.7 Å². The van der Waals surface area contributed by atoms with E-state index in [1.807, 2.05) is 13.1 Å². The molecule has 15 heavy (non-hydrogen) atoms. The molecule has 2 aromatic heterocycles. The second-order valence-corrected chi connectivity index (χ2v) is 6.54. The van der Waals surface area contributed by atoms with Crippen molar-refractivity contribution in [2.45, 2.75) is 19.9 Å². The van der Waals surface area contributed by atoms with Crippen LogP contribution in [-0.2, 0) is 0 Å². The van der Waals surface area contributed by atoms with Crippen molar-refractivity contribution in [3.8, 4) is 9.88 Å². The Hall–Kier alpha value is -0.230. The van der Waals surface area contributed by atoms with Crippen molar-refractivity contribution in [3.63, 3.8) is 0 Å². The quantitative estimate of drug-likeness (QED) is 0.912. The Labute approximate surface area is 105 Å². The van der Waals surface area contributed by atoms with Gasteiger partial charge in [0, 0.05) is 26.5 Å². The summed E-state index contributed by atoms with van der Waals surface area (Å²) in [7, 11) is 0. The number of nitrogens with zero attached hydrogens (tertiary/aromatic N) is 1. The van der Waals surface area contributed by atoms with Crippen molar-refractivity contribution < 1.29 is 0 Å². The summed E-state index contributed by atoms with van der Waals surface area (Å²) in [6.07, 6.45) is 1.87. The fourth-order valence-electron chi connectivity index (χ4n) is 1.18. The second-order valence-electron chi connectivity index (χ2n) is 3.37. The zero-order valence-electron chi connectivity index (χ0n) is 8.45. The molecule has 0 saturated carbocycles. The summed E-state index contributed by atoms with van der Waals surface area (Å²) < 4.78 is 1.15. The molecule has 2 N–H and O–H groups in total. The van der Waals surface area contributed by atoms with E-state index in [1.165, 1.54) is 9.75 Å². The number of thiophene rings is 1. The third-order valence-electron chi connectivity index (χ3n) is 2.04. The van der Waals surface area contributed by atoms with Gasteiger partial charge in [-0.2, -0.15) is 0 Å². The molecule has 2 aromatic rings. The number of nitrogens with two attached hydrogens (primary N) is 1. The van der Waals surface area contributed by atoms with Gasteiger partial charge in [0.1, 0.15) is 5.01 Å². The molecule has 0 fully saturated rings. The van der Waals surface area contributed by atoms with Crippen molar-refractivity contribution in [1.82, 2.24) is 4.98 Å². The summed E-state index contributed by atoms with van der Waals surface area (Å²) in [6, 6.07) is 2.19. The SMILES string of the molecule is Cc1sc(-c2ncc(C(C)N)s2)cc1Br. The number of aromatic nitrogens is 1. The standard InChI is InChI=1S/C10H11BrN2S2/c1-5(12)9-4-13-10(15-9)8-3-7(11)6(2)14-8/h3-5H,12H2,1-2H3. The molecule has 0 aromatic carbocycles. The molecular weight excluding hydrogens is 292 g/mol. The number of thiazole rings is 1. The van der Waals surface area contributed by atoms with Gasteiger partial charge in [-0.15, -0.1) is 22.7 Å². The highest BCUT2D eigenvalue weighted by molar-refractivity contribution is 9.10. The first-order valence-corrected chi connectivity index (χ1v) is 6.98. The van der Waals surface area contributed by atoms with Gasteiger partial charge in [-0.05, 0) is 35.8 Å². The van der Waals surface area contributed by atoms with Crippen molar-refractivity contribution in [3.05, 3.63) is 26.5 Å².